The van der Waals surface area contributed by atoms with Crippen LogP contribution < -0.4 is 5.32 Å². The van der Waals surface area contributed by atoms with Crippen LogP contribution in [0.1, 0.15) is 18.1 Å². The number of hydrogen-bond donors (Lipinski definition) is 1. The number of carbonyl (C=O) groups is 1. The first-order valence-corrected chi connectivity index (χ1v) is 10.6. The van der Waals surface area contributed by atoms with Gasteiger partial charge in [0, 0.05) is 4.90 Å². The molecule has 140 valence electrons. The number of benzene rings is 2. The van der Waals surface area contributed by atoms with Crippen LogP contribution in [0.3, 0.4) is 0 Å². The van der Waals surface area contributed by atoms with Gasteiger partial charge in [0.05, 0.1) is 16.6 Å². The molecule has 1 atom stereocenters. The van der Waals surface area contributed by atoms with E-state index in [4.69, 9.17) is 0 Å². The fraction of sp³-hybridized carbons (Fsp3) is 0.263. The predicted octanol–water partition coefficient (Wildman–Crippen LogP) is 4.12. The fourth-order valence-corrected chi connectivity index (χ4v) is 3.83. The third-order valence-corrected chi connectivity index (χ3v) is 6.02. The Morgan fingerprint density at radius 3 is 2.67 bits per heavy atom. The molecule has 0 aliphatic rings. The fourth-order valence-electron chi connectivity index (χ4n) is 2.47. The second-order valence-electron chi connectivity index (χ2n) is 6.09. The van der Waals surface area contributed by atoms with Gasteiger partial charge in [-0.1, -0.05) is 30.0 Å². The standard InChI is InChI=1S/C19H21N5OS2/c1-12-9-10-15(11-13(12)2)24-19(21-22-23-24)27-14(3)18(25)20-16-7-5-6-8-17(16)26-4/h5-11,14H,1-4H3,(H,20,25). The highest BCUT2D eigenvalue weighted by Crippen LogP contribution is 2.28. The lowest BCUT2D eigenvalue weighted by molar-refractivity contribution is -0.115. The van der Waals surface area contributed by atoms with Crippen LogP contribution in [0.4, 0.5) is 5.69 Å². The molecule has 3 rings (SSSR count). The number of aromatic nitrogens is 4. The number of hydrogen-bond acceptors (Lipinski definition) is 6. The van der Waals surface area contributed by atoms with Crippen molar-refractivity contribution in [3.8, 4) is 5.69 Å². The minimum Gasteiger partial charge on any atom is -0.324 e. The molecule has 1 heterocycles. The van der Waals surface area contributed by atoms with Gasteiger partial charge in [-0.15, -0.1) is 16.9 Å². The lowest BCUT2D eigenvalue weighted by Crippen LogP contribution is -2.23. The smallest absolute Gasteiger partial charge is 0.237 e. The van der Waals surface area contributed by atoms with Gasteiger partial charge in [0.2, 0.25) is 11.1 Å². The molecule has 0 bridgehead atoms. The first-order valence-electron chi connectivity index (χ1n) is 8.46. The van der Waals surface area contributed by atoms with Crippen molar-refractivity contribution in [2.24, 2.45) is 0 Å². The maximum atomic E-state index is 12.6. The van der Waals surface area contributed by atoms with Crippen molar-refractivity contribution in [3.05, 3.63) is 53.6 Å². The van der Waals surface area contributed by atoms with E-state index in [0.29, 0.717) is 5.16 Å². The highest BCUT2D eigenvalue weighted by atomic mass is 32.2. The van der Waals surface area contributed by atoms with Crippen LogP contribution in [0.25, 0.3) is 5.69 Å². The zero-order valence-corrected chi connectivity index (χ0v) is 17.3. The topological polar surface area (TPSA) is 72.7 Å². The van der Waals surface area contributed by atoms with Crippen molar-refractivity contribution < 1.29 is 4.79 Å². The molecule has 0 radical (unpaired) electrons. The van der Waals surface area contributed by atoms with Gasteiger partial charge in [-0.3, -0.25) is 4.79 Å². The van der Waals surface area contributed by atoms with E-state index in [1.165, 1.54) is 22.9 Å². The number of thioether (sulfide) groups is 2. The number of nitrogens with zero attached hydrogens (tertiary/aromatic N) is 4. The molecule has 0 aliphatic carbocycles. The van der Waals surface area contributed by atoms with E-state index in [-0.39, 0.29) is 11.2 Å². The summed E-state index contributed by atoms with van der Waals surface area (Å²) in [6.45, 7) is 5.96. The van der Waals surface area contributed by atoms with Crippen molar-refractivity contribution in [2.75, 3.05) is 11.6 Å². The van der Waals surface area contributed by atoms with Crippen LogP contribution in [0, 0.1) is 13.8 Å². The lowest BCUT2D eigenvalue weighted by atomic mass is 10.1. The largest absolute Gasteiger partial charge is 0.324 e. The van der Waals surface area contributed by atoms with Gasteiger partial charge in [0.1, 0.15) is 0 Å². The number of anilines is 1. The van der Waals surface area contributed by atoms with Gasteiger partial charge in [-0.25, -0.2) is 0 Å². The van der Waals surface area contributed by atoms with E-state index in [1.54, 1.807) is 16.4 Å². The maximum absolute atomic E-state index is 12.6. The molecular weight excluding hydrogens is 378 g/mol. The SMILES string of the molecule is CSc1ccccc1NC(=O)C(C)Sc1nnnn1-c1ccc(C)c(C)c1. The van der Waals surface area contributed by atoms with Gasteiger partial charge < -0.3 is 5.32 Å². The Kier molecular flexibility index (Phi) is 6.18. The first-order chi connectivity index (χ1) is 13.0. The van der Waals surface area contributed by atoms with Gasteiger partial charge in [-0.05, 0) is 72.8 Å². The Bertz CT molecular complexity index is 957. The molecule has 1 aromatic heterocycles. The number of carbonyl (C=O) groups excluding carboxylic acids is 1. The third kappa shape index (κ3) is 4.51. The van der Waals surface area contributed by atoms with E-state index in [0.717, 1.165) is 16.3 Å². The summed E-state index contributed by atoms with van der Waals surface area (Å²) in [5.74, 6) is -0.0869. The van der Waals surface area contributed by atoms with Crippen LogP contribution in [0.5, 0.6) is 0 Å². The van der Waals surface area contributed by atoms with E-state index >= 15 is 0 Å². The van der Waals surface area contributed by atoms with E-state index < -0.39 is 0 Å². The van der Waals surface area contributed by atoms with Crippen molar-refractivity contribution in [3.63, 3.8) is 0 Å². The summed E-state index contributed by atoms with van der Waals surface area (Å²) in [6, 6.07) is 13.8. The average molecular weight is 400 g/mol. The summed E-state index contributed by atoms with van der Waals surface area (Å²) in [7, 11) is 0. The molecule has 0 fully saturated rings. The molecule has 27 heavy (non-hydrogen) atoms. The van der Waals surface area contributed by atoms with Gasteiger partial charge in [0.25, 0.3) is 0 Å². The number of tetrazole rings is 1. The van der Waals surface area contributed by atoms with Crippen LogP contribution in [-0.2, 0) is 4.79 Å². The molecule has 1 amide bonds. The molecule has 3 aromatic rings. The van der Waals surface area contributed by atoms with Gasteiger partial charge >= 0.3 is 0 Å². The number of aryl methyl sites for hydroxylation is 2. The summed E-state index contributed by atoms with van der Waals surface area (Å²) < 4.78 is 1.66. The Labute approximate surface area is 167 Å². The van der Waals surface area contributed by atoms with Crippen LogP contribution >= 0.6 is 23.5 Å². The number of amides is 1. The summed E-state index contributed by atoms with van der Waals surface area (Å²) in [4.78, 5) is 13.7. The van der Waals surface area contributed by atoms with Gasteiger partial charge in [-0.2, -0.15) is 4.68 Å². The molecule has 2 aromatic carbocycles. The van der Waals surface area contributed by atoms with Crippen molar-refractivity contribution in [1.82, 2.24) is 20.2 Å². The highest BCUT2D eigenvalue weighted by molar-refractivity contribution is 8.00. The normalized spacial score (nSPS) is 12.0. The van der Waals surface area contributed by atoms with Crippen molar-refractivity contribution in [1.29, 1.82) is 0 Å². The first kappa shape index (κ1) is 19.4. The lowest BCUT2D eigenvalue weighted by Gasteiger charge is -2.14. The van der Waals surface area contributed by atoms with Crippen molar-refractivity contribution in [2.45, 2.75) is 36.1 Å². The molecule has 0 saturated heterocycles. The molecule has 1 N–H and O–H groups in total. The Hall–Kier alpha value is -2.32. The number of nitrogens with one attached hydrogen (secondary N) is 1. The average Bonchev–Trinajstić information content (AvgIpc) is 3.12. The maximum Gasteiger partial charge on any atom is 0.237 e. The quantitative estimate of drug-likeness (QED) is 0.629. The Morgan fingerprint density at radius 1 is 1.15 bits per heavy atom. The van der Waals surface area contributed by atoms with Crippen molar-refractivity contribution >= 4 is 35.1 Å². The molecule has 0 spiro atoms. The van der Waals surface area contributed by atoms with E-state index in [1.807, 2.05) is 55.6 Å². The molecule has 1 unspecified atom stereocenters. The minimum atomic E-state index is -0.351. The summed E-state index contributed by atoms with van der Waals surface area (Å²) in [6.07, 6.45) is 1.99. The second-order valence-corrected chi connectivity index (χ2v) is 8.25. The zero-order chi connectivity index (χ0) is 19.4. The summed E-state index contributed by atoms with van der Waals surface area (Å²) >= 11 is 2.93. The Morgan fingerprint density at radius 2 is 1.93 bits per heavy atom. The molecular formula is C19H21N5OS2. The molecule has 8 heteroatoms. The van der Waals surface area contributed by atoms with E-state index in [2.05, 4.69) is 34.7 Å². The summed E-state index contributed by atoms with van der Waals surface area (Å²) in [5, 5.41) is 15.2. The monoisotopic (exact) mass is 399 g/mol. The highest BCUT2D eigenvalue weighted by Gasteiger charge is 2.20. The third-order valence-electron chi connectivity index (χ3n) is 4.19. The molecule has 0 aliphatic heterocycles. The van der Waals surface area contributed by atoms with Crippen LogP contribution in [0.15, 0.2) is 52.5 Å². The van der Waals surface area contributed by atoms with Crippen LogP contribution in [-0.4, -0.2) is 37.6 Å². The second kappa shape index (κ2) is 8.58. The predicted molar refractivity (Wildman–Crippen MR) is 111 cm³/mol. The zero-order valence-electron chi connectivity index (χ0n) is 15.6. The van der Waals surface area contributed by atoms with Gasteiger partial charge in [0.15, 0.2) is 0 Å². The Balaban J connectivity index is 1.75. The minimum absolute atomic E-state index is 0.0869. The number of rotatable bonds is 6. The molecule has 6 nitrogen and oxygen atoms in total. The van der Waals surface area contributed by atoms with Crippen LogP contribution in [0.2, 0.25) is 0 Å². The van der Waals surface area contributed by atoms with E-state index in [9.17, 15) is 4.79 Å². The summed E-state index contributed by atoms with van der Waals surface area (Å²) in [5.41, 5.74) is 4.07. The number of para-hydroxylation sites is 1. The molecule has 0 saturated carbocycles.